The molecule has 0 radical (unpaired) electrons. The largest absolute Gasteiger partial charge is 0.490 e. The summed E-state index contributed by atoms with van der Waals surface area (Å²) in [5.41, 5.74) is 0.149. The van der Waals surface area contributed by atoms with Crippen LogP contribution in [0.1, 0.15) is 5.69 Å². The van der Waals surface area contributed by atoms with E-state index in [-0.39, 0.29) is 15.9 Å². The van der Waals surface area contributed by atoms with Crippen LogP contribution in [0.3, 0.4) is 0 Å². The molecule has 16 heteroatoms. The van der Waals surface area contributed by atoms with Gasteiger partial charge in [0.2, 0.25) is 15.6 Å². The van der Waals surface area contributed by atoms with E-state index in [9.17, 15) is 17.7 Å². The molecule has 2 aromatic heterocycles. The Morgan fingerprint density at radius 2 is 1.93 bits per heavy atom. The quantitative estimate of drug-likeness (QED) is 0.201. The Labute approximate surface area is 237 Å². The number of H-pyrrole nitrogens is 1. The number of halogens is 2. The number of aryl methyl sites for hydroxylation is 1. The number of nitroso groups, excluding NO2 is 1. The highest BCUT2D eigenvalue weighted by Gasteiger charge is 2.27. The lowest BCUT2D eigenvalue weighted by Crippen LogP contribution is -2.37. The van der Waals surface area contributed by atoms with E-state index < -0.39 is 37.0 Å². The third kappa shape index (κ3) is 5.84. The molecule has 0 aliphatic carbocycles. The van der Waals surface area contributed by atoms with Crippen molar-refractivity contribution in [2.24, 2.45) is 5.18 Å². The molecule has 214 valence electrons. The fourth-order valence-electron chi connectivity index (χ4n) is 4.06. The van der Waals surface area contributed by atoms with Gasteiger partial charge in [0.25, 0.3) is 0 Å². The normalized spacial score (nSPS) is 13.7. The number of morpholine rings is 1. The Hall–Kier alpha value is -4.15. The zero-order chi connectivity index (χ0) is 29.1. The molecule has 12 nitrogen and oxygen atoms in total. The number of ether oxygens (including phenoxy) is 2. The first-order valence-electron chi connectivity index (χ1n) is 12.1. The van der Waals surface area contributed by atoms with Gasteiger partial charge < -0.3 is 19.7 Å². The Bertz CT molecular complexity index is 1710. The summed E-state index contributed by atoms with van der Waals surface area (Å²) in [4.78, 5) is 20.7. The Morgan fingerprint density at radius 1 is 1.15 bits per heavy atom. The fourth-order valence-corrected chi connectivity index (χ4v) is 6.18. The van der Waals surface area contributed by atoms with Crippen molar-refractivity contribution in [3.63, 3.8) is 0 Å². The molecule has 4 aromatic rings. The van der Waals surface area contributed by atoms with Gasteiger partial charge in [0, 0.05) is 24.8 Å². The highest BCUT2D eigenvalue weighted by molar-refractivity contribution is 7.99. The standard InChI is InChI=1S/C25H23F2N7O5S2/c1-14-12-20(32-31-14)28-23-22(38-2)24(34-8-10-39-11-9-34)30-25(29-23)40-18-7-6-15(13-16(18)26)41(36,37)19-5-3-4-17(33-35)21(19)27/h3-7,12-13H,8-11H2,1-2H3,(H2,28,29,30,31,32). The van der Waals surface area contributed by atoms with E-state index in [4.69, 9.17) is 9.47 Å². The fraction of sp³-hybridized carbons (Fsp3) is 0.240. The smallest absolute Gasteiger partial charge is 0.209 e. The maximum absolute atomic E-state index is 15.3. The first kappa shape index (κ1) is 28.4. The number of rotatable bonds is 9. The molecule has 1 fully saturated rings. The van der Waals surface area contributed by atoms with Crippen molar-refractivity contribution in [3.8, 4) is 5.75 Å². The number of benzene rings is 2. The zero-order valence-electron chi connectivity index (χ0n) is 21.7. The number of nitrogens with zero attached hydrogens (tertiary/aromatic N) is 5. The molecule has 1 aliphatic rings. The molecule has 2 N–H and O–H groups in total. The SMILES string of the molecule is COc1c(Nc2cc(C)[nH]n2)nc(Sc2ccc(S(=O)(=O)c3cccc(N=O)c3F)cc2F)nc1N1CCOCC1. The Kier molecular flexibility index (Phi) is 8.14. The lowest BCUT2D eigenvalue weighted by molar-refractivity contribution is 0.122. The van der Waals surface area contributed by atoms with Gasteiger partial charge in [0.15, 0.2) is 28.4 Å². The van der Waals surface area contributed by atoms with Gasteiger partial charge in [-0.2, -0.15) is 5.10 Å². The molecule has 0 atom stereocenters. The van der Waals surface area contributed by atoms with Crippen molar-refractivity contribution in [1.29, 1.82) is 0 Å². The molecule has 0 saturated carbocycles. The molecule has 0 bridgehead atoms. The average Bonchev–Trinajstić information content (AvgIpc) is 3.38. The van der Waals surface area contributed by atoms with E-state index >= 15 is 4.39 Å². The van der Waals surface area contributed by atoms with Crippen LogP contribution in [0.25, 0.3) is 0 Å². The van der Waals surface area contributed by atoms with Crippen molar-refractivity contribution < 1.29 is 26.7 Å². The minimum Gasteiger partial charge on any atom is -0.490 e. The third-order valence-electron chi connectivity index (χ3n) is 6.04. The maximum atomic E-state index is 15.3. The van der Waals surface area contributed by atoms with Crippen LogP contribution in [-0.2, 0) is 14.6 Å². The summed E-state index contributed by atoms with van der Waals surface area (Å²) in [6.07, 6.45) is 0. The number of hydrogen-bond acceptors (Lipinski definition) is 12. The lowest BCUT2D eigenvalue weighted by atomic mass is 10.3. The van der Waals surface area contributed by atoms with E-state index in [0.29, 0.717) is 43.7 Å². The summed E-state index contributed by atoms with van der Waals surface area (Å²) in [7, 11) is -3.01. The predicted octanol–water partition coefficient (Wildman–Crippen LogP) is 4.76. The molecule has 5 rings (SSSR count). The summed E-state index contributed by atoms with van der Waals surface area (Å²) >= 11 is 0.862. The van der Waals surface area contributed by atoms with E-state index in [1.54, 1.807) is 6.07 Å². The molecular weight excluding hydrogens is 580 g/mol. The molecule has 0 unspecified atom stereocenters. The van der Waals surface area contributed by atoms with Crippen molar-refractivity contribution >= 4 is 44.7 Å². The summed E-state index contributed by atoms with van der Waals surface area (Å²) < 4.78 is 67.0. The number of sulfone groups is 1. The van der Waals surface area contributed by atoms with Crippen molar-refractivity contribution in [2.45, 2.75) is 26.8 Å². The number of aromatic nitrogens is 4. The van der Waals surface area contributed by atoms with Gasteiger partial charge in [0.05, 0.1) is 30.1 Å². The molecule has 2 aromatic carbocycles. The lowest BCUT2D eigenvalue weighted by Gasteiger charge is -2.29. The van der Waals surface area contributed by atoms with E-state index in [2.05, 4.69) is 30.7 Å². The van der Waals surface area contributed by atoms with Crippen LogP contribution in [0.2, 0.25) is 0 Å². The first-order chi connectivity index (χ1) is 19.7. The van der Waals surface area contributed by atoms with Gasteiger partial charge in [-0.25, -0.2) is 27.2 Å². The number of anilines is 3. The van der Waals surface area contributed by atoms with E-state index in [1.165, 1.54) is 19.2 Å². The number of nitrogens with one attached hydrogen (secondary N) is 2. The summed E-state index contributed by atoms with van der Waals surface area (Å²) in [6, 6.07) is 8.11. The van der Waals surface area contributed by atoms with Crippen LogP contribution < -0.4 is 15.0 Å². The zero-order valence-corrected chi connectivity index (χ0v) is 23.4. The number of hydrogen-bond donors (Lipinski definition) is 2. The molecule has 41 heavy (non-hydrogen) atoms. The number of aromatic amines is 1. The average molecular weight is 604 g/mol. The highest BCUT2D eigenvalue weighted by Crippen LogP contribution is 2.39. The van der Waals surface area contributed by atoms with E-state index in [1.807, 2.05) is 11.8 Å². The topological polar surface area (TPSA) is 152 Å². The molecule has 0 amide bonds. The van der Waals surface area contributed by atoms with Crippen molar-refractivity contribution in [3.05, 3.63) is 64.7 Å². The van der Waals surface area contributed by atoms with Crippen molar-refractivity contribution in [2.75, 3.05) is 43.6 Å². The second-order valence-corrected chi connectivity index (χ2v) is 11.7. The minimum atomic E-state index is -4.49. The number of methoxy groups -OCH3 is 1. The van der Waals surface area contributed by atoms with Gasteiger partial charge >= 0.3 is 0 Å². The summed E-state index contributed by atoms with van der Waals surface area (Å²) in [5, 5.41) is 12.7. The van der Waals surface area contributed by atoms with Gasteiger partial charge in [-0.15, -0.1) is 4.91 Å². The minimum absolute atomic E-state index is 0.0207. The third-order valence-corrected chi connectivity index (χ3v) is 8.72. The Morgan fingerprint density at radius 3 is 2.59 bits per heavy atom. The highest BCUT2D eigenvalue weighted by atomic mass is 32.2. The monoisotopic (exact) mass is 603 g/mol. The molecule has 1 aliphatic heterocycles. The van der Waals surface area contributed by atoms with Gasteiger partial charge in [-0.1, -0.05) is 6.07 Å². The van der Waals surface area contributed by atoms with Crippen molar-refractivity contribution in [1.82, 2.24) is 20.2 Å². The molecular formula is C25H23F2N7O5S2. The van der Waals surface area contributed by atoms with Crippen LogP contribution in [0.4, 0.5) is 31.9 Å². The molecule has 3 heterocycles. The summed E-state index contributed by atoms with van der Waals surface area (Å²) in [6.45, 7) is 3.88. The molecule has 1 saturated heterocycles. The second-order valence-electron chi connectivity index (χ2n) is 8.75. The maximum Gasteiger partial charge on any atom is 0.209 e. The van der Waals surface area contributed by atoms with Crippen LogP contribution >= 0.6 is 11.8 Å². The Balaban J connectivity index is 1.51. The van der Waals surface area contributed by atoms with Gasteiger partial charge in [-0.05, 0) is 54.2 Å². The first-order valence-corrected chi connectivity index (χ1v) is 14.4. The van der Waals surface area contributed by atoms with Crippen LogP contribution in [0.15, 0.2) is 67.5 Å². The van der Waals surface area contributed by atoms with Crippen LogP contribution in [0, 0.1) is 23.5 Å². The van der Waals surface area contributed by atoms with Gasteiger partial charge in [0.1, 0.15) is 16.4 Å². The second kappa shape index (κ2) is 11.8. The van der Waals surface area contributed by atoms with Crippen LogP contribution in [-0.4, -0.2) is 62.0 Å². The predicted molar refractivity (Wildman–Crippen MR) is 146 cm³/mol. The van der Waals surface area contributed by atoms with E-state index in [0.717, 1.165) is 41.7 Å². The molecule has 0 spiro atoms. The van der Waals surface area contributed by atoms with Crippen LogP contribution in [0.5, 0.6) is 5.75 Å². The van der Waals surface area contributed by atoms with Gasteiger partial charge in [-0.3, -0.25) is 5.10 Å². The summed E-state index contributed by atoms with van der Waals surface area (Å²) in [5.74, 6) is -0.627.